The number of Topliss-reactive ketones (excluding diaryl/α,β-unsaturated/α-hetero) is 2. The molecule has 1 N–H and O–H groups in total. The van der Waals surface area contributed by atoms with Crippen LogP contribution in [0.25, 0.3) is 0 Å². The Balaban J connectivity index is 0.00000320. The highest BCUT2D eigenvalue weighted by molar-refractivity contribution is 6.49. The van der Waals surface area contributed by atoms with Crippen LogP contribution in [-0.2, 0) is 0 Å². The van der Waals surface area contributed by atoms with Crippen LogP contribution in [0, 0.1) is 0 Å². The van der Waals surface area contributed by atoms with Gasteiger partial charge in [0.1, 0.15) is 10.7 Å². The average Bonchev–Trinajstić information content (AvgIpc) is 2.75. The second kappa shape index (κ2) is 12.8. The van der Waals surface area contributed by atoms with Crippen LogP contribution in [0.5, 0.6) is 0 Å². The Hall–Kier alpha value is -0.920. The molecule has 1 aromatic rings. The van der Waals surface area contributed by atoms with Crippen LogP contribution in [0.4, 0.5) is 0 Å². The Bertz CT molecular complexity index is 757. The van der Waals surface area contributed by atoms with Gasteiger partial charge in [0.25, 0.3) is 0 Å². The summed E-state index contributed by atoms with van der Waals surface area (Å²) in [5.74, 6) is -0.345. The summed E-state index contributed by atoms with van der Waals surface area (Å²) in [5, 5.41) is 0.0835. The van der Waals surface area contributed by atoms with Gasteiger partial charge in [0, 0.05) is 11.1 Å². The first-order valence-electron chi connectivity index (χ1n) is 11.3. The summed E-state index contributed by atoms with van der Waals surface area (Å²) >= 11 is 6.35. The van der Waals surface area contributed by atoms with Crippen LogP contribution >= 0.6 is 11.6 Å². The van der Waals surface area contributed by atoms with E-state index in [-0.39, 0.29) is 40.6 Å². The average molecular weight is 545 g/mol. The van der Waals surface area contributed by atoms with Gasteiger partial charge in [-0.3, -0.25) is 9.59 Å². The highest BCUT2D eigenvalue weighted by Crippen LogP contribution is 2.30. The maximum atomic E-state index is 12.9. The van der Waals surface area contributed by atoms with Crippen LogP contribution in [-0.4, -0.2) is 49.2 Å². The van der Waals surface area contributed by atoms with Crippen molar-refractivity contribution in [1.29, 1.82) is 0 Å². The number of nitrogens with one attached hydrogen (secondary N) is 1. The second-order valence-corrected chi connectivity index (χ2v) is 8.71. The smallest absolute Gasteiger partial charge is 0.211 e. The normalized spacial score (nSPS) is 17.2. The molecule has 30 heavy (non-hydrogen) atoms. The zero-order valence-electron chi connectivity index (χ0n) is 18.0. The second-order valence-electron chi connectivity index (χ2n) is 8.33. The number of unbranched alkanes of at least 4 members (excludes halogenated alkanes) is 7. The van der Waals surface area contributed by atoms with Crippen molar-refractivity contribution in [3.05, 3.63) is 46.1 Å². The molecule has 0 radical (unpaired) electrons. The van der Waals surface area contributed by atoms with Crippen molar-refractivity contribution in [1.82, 2.24) is 4.90 Å². The third-order valence-corrected chi connectivity index (χ3v) is 6.56. The van der Waals surface area contributed by atoms with Crippen molar-refractivity contribution in [3.8, 4) is 0 Å². The number of nitrogens with zero attached hydrogens (tertiary/aromatic N) is 1. The Labute approximate surface area is 203 Å². The van der Waals surface area contributed by atoms with Gasteiger partial charge >= 0.3 is 0 Å². The minimum absolute atomic E-state index is 0. The molecule has 4 nitrogen and oxygen atoms in total. The number of fused-ring (bicyclic) bond motifs is 1. The van der Waals surface area contributed by atoms with E-state index in [4.69, 9.17) is 11.6 Å². The van der Waals surface area contributed by atoms with E-state index in [1.165, 1.54) is 57.9 Å². The van der Waals surface area contributed by atoms with Crippen molar-refractivity contribution in [3.63, 3.8) is 0 Å². The van der Waals surface area contributed by atoms with Gasteiger partial charge in [0.05, 0.1) is 32.7 Å². The van der Waals surface area contributed by atoms with E-state index in [0.29, 0.717) is 16.8 Å². The van der Waals surface area contributed by atoms with Crippen LogP contribution in [0.3, 0.4) is 0 Å². The number of allylic oxidation sites excluding steroid dienone is 2. The number of hydrogen-bond donors (Lipinski definition) is 1. The molecule has 1 heterocycles. The number of carbonyl (C=O) groups excluding carboxylic acids is 2. The van der Waals surface area contributed by atoms with Gasteiger partial charge in [-0.1, -0.05) is 81.3 Å². The third-order valence-electron chi connectivity index (χ3n) is 6.21. The first kappa shape index (κ1) is 25.3. The SMILES string of the molecule is CCCCCCCCCC[NH+]1CCN(C2=C(Cl)C(=O)c3ccccc3C2=O)CC1.[I-]. The third kappa shape index (κ3) is 6.30. The molecule has 0 bridgehead atoms. The summed E-state index contributed by atoms with van der Waals surface area (Å²) in [6, 6.07) is 6.97. The number of hydrogen-bond acceptors (Lipinski definition) is 3. The van der Waals surface area contributed by atoms with Crippen LogP contribution in [0.2, 0.25) is 0 Å². The van der Waals surface area contributed by atoms with Gasteiger partial charge in [-0.25, -0.2) is 0 Å². The molecule has 0 atom stereocenters. The van der Waals surface area contributed by atoms with E-state index in [1.807, 2.05) is 4.90 Å². The molecule has 0 spiro atoms. The summed E-state index contributed by atoms with van der Waals surface area (Å²) in [7, 11) is 0. The van der Waals surface area contributed by atoms with Crippen LogP contribution in [0.15, 0.2) is 35.0 Å². The van der Waals surface area contributed by atoms with Crippen LogP contribution in [0.1, 0.15) is 79.0 Å². The summed E-state index contributed by atoms with van der Waals surface area (Å²) < 4.78 is 0. The van der Waals surface area contributed by atoms with Crippen molar-refractivity contribution < 1.29 is 38.5 Å². The zero-order chi connectivity index (χ0) is 20.6. The molecule has 0 saturated carbocycles. The predicted molar refractivity (Wildman–Crippen MR) is 118 cm³/mol. The lowest BCUT2D eigenvalue weighted by atomic mass is 9.91. The topological polar surface area (TPSA) is 41.8 Å². The van der Waals surface area contributed by atoms with E-state index < -0.39 is 0 Å². The van der Waals surface area contributed by atoms with E-state index in [2.05, 4.69) is 6.92 Å². The highest BCUT2D eigenvalue weighted by Gasteiger charge is 2.35. The van der Waals surface area contributed by atoms with Crippen molar-refractivity contribution in [2.45, 2.75) is 58.3 Å². The Morgan fingerprint density at radius 2 is 1.40 bits per heavy atom. The number of rotatable bonds is 10. The molecule has 3 rings (SSSR count). The molecular weight excluding hydrogens is 511 g/mol. The standard InChI is InChI=1S/C24H33ClN2O2.HI/c1-2-3-4-5-6-7-8-11-14-26-15-17-27(18-16-26)22-21(25)23(28)19-12-9-10-13-20(19)24(22)29;/h9-10,12-13H,2-8,11,14-18H2,1H3;1H. The number of benzene rings is 1. The molecule has 6 heteroatoms. The number of halogens is 2. The van der Waals surface area contributed by atoms with Crippen molar-refractivity contribution >= 4 is 23.2 Å². The summed E-state index contributed by atoms with van der Waals surface area (Å²) in [4.78, 5) is 29.2. The van der Waals surface area contributed by atoms with Crippen molar-refractivity contribution in [2.24, 2.45) is 0 Å². The maximum absolute atomic E-state index is 12.9. The van der Waals surface area contributed by atoms with E-state index >= 15 is 0 Å². The Kier molecular flexibility index (Phi) is 10.8. The molecule has 1 aromatic carbocycles. The minimum Gasteiger partial charge on any atom is -1.00 e. The molecule has 0 unspecified atom stereocenters. The lowest BCUT2D eigenvalue weighted by Gasteiger charge is -2.36. The highest BCUT2D eigenvalue weighted by atomic mass is 127. The molecule has 0 amide bonds. The van der Waals surface area contributed by atoms with Gasteiger partial charge in [-0.2, -0.15) is 0 Å². The fourth-order valence-electron chi connectivity index (χ4n) is 4.42. The molecular formula is C24H34ClIN2O2. The zero-order valence-corrected chi connectivity index (χ0v) is 20.9. The van der Waals surface area contributed by atoms with E-state index in [0.717, 1.165) is 26.2 Å². The number of carbonyl (C=O) groups is 2. The van der Waals surface area contributed by atoms with E-state index in [1.54, 1.807) is 29.2 Å². The fraction of sp³-hybridized carbons (Fsp3) is 0.583. The van der Waals surface area contributed by atoms with E-state index in [9.17, 15) is 9.59 Å². The predicted octanol–water partition coefficient (Wildman–Crippen LogP) is 0.861. The maximum Gasteiger partial charge on any atom is 0.211 e. The monoisotopic (exact) mass is 544 g/mol. The van der Waals surface area contributed by atoms with Gasteiger partial charge in [0.15, 0.2) is 0 Å². The van der Waals surface area contributed by atoms with Gasteiger partial charge in [0.2, 0.25) is 11.6 Å². The molecule has 1 aliphatic heterocycles. The molecule has 166 valence electrons. The molecule has 1 saturated heterocycles. The van der Waals surface area contributed by atoms with Crippen LogP contribution < -0.4 is 28.9 Å². The Morgan fingerprint density at radius 3 is 2.00 bits per heavy atom. The summed E-state index contributed by atoms with van der Waals surface area (Å²) in [6.07, 6.45) is 10.8. The number of ketones is 2. The lowest BCUT2D eigenvalue weighted by molar-refractivity contribution is -0.904. The molecule has 2 aliphatic rings. The molecule has 0 aromatic heterocycles. The first-order chi connectivity index (χ1) is 14.1. The van der Waals surface area contributed by atoms with Gasteiger partial charge < -0.3 is 33.8 Å². The number of piperazine rings is 1. The van der Waals surface area contributed by atoms with Gasteiger partial charge in [-0.15, -0.1) is 0 Å². The number of quaternary nitrogens is 1. The minimum atomic E-state index is -0.231. The quantitative estimate of drug-likeness (QED) is 0.351. The fourth-order valence-corrected chi connectivity index (χ4v) is 4.73. The lowest BCUT2D eigenvalue weighted by Crippen LogP contribution is -3.14. The largest absolute Gasteiger partial charge is 1.00 e. The summed E-state index contributed by atoms with van der Waals surface area (Å²) in [6.45, 7) is 7.00. The molecule has 1 fully saturated rings. The van der Waals surface area contributed by atoms with Gasteiger partial charge in [-0.05, 0) is 12.8 Å². The Morgan fingerprint density at radius 1 is 0.867 bits per heavy atom. The molecule has 1 aliphatic carbocycles. The summed E-state index contributed by atoms with van der Waals surface area (Å²) in [5.41, 5.74) is 1.30. The first-order valence-corrected chi connectivity index (χ1v) is 11.7. The van der Waals surface area contributed by atoms with Crippen molar-refractivity contribution in [2.75, 3.05) is 32.7 Å².